The van der Waals surface area contributed by atoms with Crippen LogP contribution in [0.25, 0.3) is 0 Å². The Kier molecular flexibility index (Phi) is 5.40. The molecule has 0 heterocycles. The van der Waals surface area contributed by atoms with Gasteiger partial charge < -0.3 is 10.1 Å². The highest BCUT2D eigenvalue weighted by Crippen LogP contribution is 2.19. The van der Waals surface area contributed by atoms with E-state index >= 15 is 0 Å². The molecule has 0 aliphatic rings. The zero-order valence-corrected chi connectivity index (χ0v) is 13.4. The number of benzene rings is 2. The van der Waals surface area contributed by atoms with E-state index in [0.717, 1.165) is 12.2 Å². The van der Waals surface area contributed by atoms with Crippen LogP contribution in [-0.2, 0) is 6.42 Å². The number of ether oxygens (including phenoxy) is 1. The highest BCUT2D eigenvalue weighted by Gasteiger charge is 2.11. The average molecular weight is 283 g/mol. The topological polar surface area (TPSA) is 21.3 Å². The van der Waals surface area contributed by atoms with Gasteiger partial charge in [0.1, 0.15) is 12.4 Å². The number of nitrogens with one attached hydrogen (secondary N) is 1. The SMILES string of the molecule is CCc1ccc(OCC(NC)c2cc(C)cc(C)c2)cc1. The first-order valence-corrected chi connectivity index (χ1v) is 7.59. The van der Waals surface area contributed by atoms with E-state index in [2.05, 4.69) is 56.4 Å². The molecule has 112 valence electrons. The van der Waals surface area contributed by atoms with E-state index in [9.17, 15) is 0 Å². The molecule has 2 aromatic rings. The normalized spacial score (nSPS) is 12.2. The Hall–Kier alpha value is -1.80. The summed E-state index contributed by atoms with van der Waals surface area (Å²) in [6, 6.07) is 15.2. The fraction of sp³-hybridized carbons (Fsp3) is 0.368. The Morgan fingerprint density at radius 1 is 1.00 bits per heavy atom. The first-order chi connectivity index (χ1) is 10.1. The Bertz CT molecular complexity index is 554. The van der Waals surface area contributed by atoms with Gasteiger partial charge in [0.25, 0.3) is 0 Å². The molecule has 0 spiro atoms. The number of hydrogen-bond donors (Lipinski definition) is 1. The largest absolute Gasteiger partial charge is 0.492 e. The number of rotatable bonds is 6. The van der Waals surface area contributed by atoms with Crippen molar-refractivity contribution < 1.29 is 4.74 Å². The molecule has 0 radical (unpaired) electrons. The van der Waals surface area contributed by atoms with Gasteiger partial charge in [-0.15, -0.1) is 0 Å². The molecule has 0 amide bonds. The van der Waals surface area contributed by atoms with E-state index in [0.29, 0.717) is 6.61 Å². The van der Waals surface area contributed by atoms with Gasteiger partial charge in [0, 0.05) is 0 Å². The summed E-state index contributed by atoms with van der Waals surface area (Å²) in [4.78, 5) is 0. The second-order valence-corrected chi connectivity index (χ2v) is 5.57. The first-order valence-electron chi connectivity index (χ1n) is 7.59. The van der Waals surface area contributed by atoms with E-state index < -0.39 is 0 Å². The Morgan fingerprint density at radius 3 is 2.14 bits per heavy atom. The minimum Gasteiger partial charge on any atom is -0.492 e. The fourth-order valence-electron chi connectivity index (χ4n) is 2.56. The molecule has 0 saturated heterocycles. The molecule has 1 atom stereocenters. The van der Waals surface area contributed by atoms with Crippen LogP contribution < -0.4 is 10.1 Å². The summed E-state index contributed by atoms with van der Waals surface area (Å²) < 4.78 is 5.93. The zero-order chi connectivity index (χ0) is 15.2. The van der Waals surface area contributed by atoms with Crippen molar-refractivity contribution >= 4 is 0 Å². The van der Waals surface area contributed by atoms with Gasteiger partial charge >= 0.3 is 0 Å². The average Bonchev–Trinajstić information content (AvgIpc) is 2.47. The van der Waals surface area contributed by atoms with Crippen LogP contribution in [0, 0.1) is 13.8 Å². The summed E-state index contributed by atoms with van der Waals surface area (Å²) in [5.41, 5.74) is 5.19. The van der Waals surface area contributed by atoms with Crippen molar-refractivity contribution in [2.75, 3.05) is 13.7 Å². The summed E-state index contributed by atoms with van der Waals surface area (Å²) in [7, 11) is 1.98. The van der Waals surface area contributed by atoms with Gasteiger partial charge in [-0.25, -0.2) is 0 Å². The van der Waals surface area contributed by atoms with Crippen molar-refractivity contribution in [3.8, 4) is 5.75 Å². The lowest BCUT2D eigenvalue weighted by molar-refractivity contribution is 0.273. The Balaban J connectivity index is 2.04. The van der Waals surface area contributed by atoms with E-state index in [1.165, 1.54) is 22.3 Å². The van der Waals surface area contributed by atoms with Crippen LogP contribution >= 0.6 is 0 Å². The predicted octanol–water partition coefficient (Wildman–Crippen LogP) is 4.21. The van der Waals surface area contributed by atoms with Gasteiger partial charge in [0.15, 0.2) is 0 Å². The van der Waals surface area contributed by atoms with Gasteiger partial charge in [-0.2, -0.15) is 0 Å². The summed E-state index contributed by atoms with van der Waals surface area (Å²) in [6.07, 6.45) is 1.06. The van der Waals surface area contributed by atoms with Gasteiger partial charge in [0.05, 0.1) is 6.04 Å². The van der Waals surface area contributed by atoms with Crippen LogP contribution in [0.1, 0.15) is 35.2 Å². The molecule has 2 nitrogen and oxygen atoms in total. The molecule has 1 N–H and O–H groups in total. The molecule has 0 fully saturated rings. The molecule has 2 aromatic carbocycles. The third kappa shape index (κ3) is 4.33. The van der Waals surface area contributed by atoms with Crippen molar-refractivity contribution in [1.29, 1.82) is 0 Å². The molecule has 0 aliphatic heterocycles. The van der Waals surface area contributed by atoms with E-state index in [1.807, 2.05) is 19.2 Å². The molecule has 0 aromatic heterocycles. The number of likely N-dealkylation sites (N-methyl/N-ethyl adjacent to an activating group) is 1. The summed E-state index contributed by atoms with van der Waals surface area (Å²) in [6.45, 7) is 7.05. The molecule has 2 heteroatoms. The lowest BCUT2D eigenvalue weighted by atomic mass is 10.0. The van der Waals surface area contributed by atoms with Crippen molar-refractivity contribution in [3.05, 3.63) is 64.7 Å². The third-order valence-corrected chi connectivity index (χ3v) is 3.74. The number of aryl methyl sites for hydroxylation is 3. The minimum absolute atomic E-state index is 0.203. The monoisotopic (exact) mass is 283 g/mol. The number of hydrogen-bond acceptors (Lipinski definition) is 2. The maximum Gasteiger partial charge on any atom is 0.119 e. The maximum absolute atomic E-state index is 5.93. The van der Waals surface area contributed by atoms with Gasteiger partial charge in [0.2, 0.25) is 0 Å². The fourth-order valence-corrected chi connectivity index (χ4v) is 2.56. The molecule has 0 aliphatic carbocycles. The lowest BCUT2D eigenvalue weighted by Crippen LogP contribution is -2.23. The van der Waals surface area contributed by atoms with E-state index in [-0.39, 0.29) is 6.04 Å². The Labute approximate surface area is 128 Å². The Morgan fingerprint density at radius 2 is 1.62 bits per heavy atom. The van der Waals surface area contributed by atoms with E-state index in [4.69, 9.17) is 4.74 Å². The quantitative estimate of drug-likeness (QED) is 0.857. The summed E-state index contributed by atoms with van der Waals surface area (Å²) >= 11 is 0. The van der Waals surface area contributed by atoms with Crippen LogP contribution in [-0.4, -0.2) is 13.7 Å². The van der Waals surface area contributed by atoms with Crippen LogP contribution in [0.5, 0.6) is 5.75 Å². The van der Waals surface area contributed by atoms with Crippen LogP contribution in [0.4, 0.5) is 0 Å². The zero-order valence-electron chi connectivity index (χ0n) is 13.4. The molecule has 2 rings (SSSR count). The lowest BCUT2D eigenvalue weighted by Gasteiger charge is -2.19. The van der Waals surface area contributed by atoms with Crippen LogP contribution in [0.3, 0.4) is 0 Å². The van der Waals surface area contributed by atoms with Crippen LogP contribution in [0.15, 0.2) is 42.5 Å². The predicted molar refractivity (Wildman–Crippen MR) is 89.0 cm³/mol. The second kappa shape index (κ2) is 7.28. The third-order valence-electron chi connectivity index (χ3n) is 3.74. The molecule has 21 heavy (non-hydrogen) atoms. The van der Waals surface area contributed by atoms with E-state index in [1.54, 1.807) is 0 Å². The standard InChI is InChI=1S/C19H25NO/c1-5-16-6-8-18(9-7-16)21-13-19(20-4)17-11-14(2)10-15(3)12-17/h6-12,19-20H,5,13H2,1-4H3. The van der Waals surface area contributed by atoms with Gasteiger partial charge in [-0.05, 0) is 50.6 Å². The smallest absolute Gasteiger partial charge is 0.119 e. The van der Waals surface area contributed by atoms with Crippen molar-refractivity contribution in [1.82, 2.24) is 5.32 Å². The highest BCUT2D eigenvalue weighted by atomic mass is 16.5. The maximum atomic E-state index is 5.93. The van der Waals surface area contributed by atoms with Gasteiger partial charge in [-0.1, -0.05) is 48.4 Å². The molecular formula is C19H25NO. The van der Waals surface area contributed by atoms with Crippen molar-refractivity contribution in [2.24, 2.45) is 0 Å². The molecular weight excluding hydrogens is 258 g/mol. The van der Waals surface area contributed by atoms with Crippen LogP contribution in [0.2, 0.25) is 0 Å². The highest BCUT2D eigenvalue weighted by molar-refractivity contribution is 5.31. The molecule has 0 bridgehead atoms. The summed E-state index contributed by atoms with van der Waals surface area (Å²) in [5.74, 6) is 0.928. The second-order valence-electron chi connectivity index (χ2n) is 5.57. The minimum atomic E-state index is 0.203. The van der Waals surface area contributed by atoms with Crippen molar-refractivity contribution in [2.45, 2.75) is 33.2 Å². The first kappa shape index (κ1) is 15.6. The molecule has 0 saturated carbocycles. The molecule has 1 unspecified atom stereocenters. The van der Waals surface area contributed by atoms with Crippen molar-refractivity contribution in [3.63, 3.8) is 0 Å². The summed E-state index contributed by atoms with van der Waals surface area (Å²) in [5, 5.41) is 3.34. The van der Waals surface area contributed by atoms with Gasteiger partial charge in [-0.3, -0.25) is 0 Å².